The molecule has 2 aromatic rings. The molecule has 2 N–H and O–H groups in total. The third kappa shape index (κ3) is 4.62. The second kappa shape index (κ2) is 7.87. The average Bonchev–Trinajstić information content (AvgIpc) is 2.55. The first-order valence-electron chi connectivity index (χ1n) is 7.70. The molecule has 0 radical (unpaired) electrons. The van der Waals surface area contributed by atoms with Crippen LogP contribution in [0.15, 0.2) is 48.5 Å². The Hall–Kier alpha value is -2.22. The number of aliphatic hydroxyl groups excluding tert-OH is 1. The van der Waals surface area contributed by atoms with Crippen molar-refractivity contribution in [3.05, 3.63) is 71.0 Å². The van der Waals surface area contributed by atoms with Gasteiger partial charge in [-0.05, 0) is 38.0 Å². The summed E-state index contributed by atoms with van der Waals surface area (Å²) in [6.07, 6.45) is -0.0246. The highest BCUT2D eigenvalue weighted by Crippen LogP contribution is 2.22. The Bertz CT molecular complexity index is 682. The van der Waals surface area contributed by atoms with Crippen LogP contribution in [0.2, 0.25) is 0 Å². The topological polar surface area (TPSA) is 56.0 Å². The van der Waals surface area contributed by atoms with Gasteiger partial charge in [0.1, 0.15) is 5.82 Å². The molecule has 0 spiro atoms. The maximum Gasteiger partial charge on any atom is 0.129 e. The maximum absolute atomic E-state index is 14.0. The van der Waals surface area contributed by atoms with Crippen LogP contribution in [0.1, 0.15) is 49.1 Å². The van der Waals surface area contributed by atoms with Gasteiger partial charge in [-0.25, -0.2) is 4.39 Å². The summed E-state index contributed by atoms with van der Waals surface area (Å²) in [5.74, 6) is -0.389. The molecule has 23 heavy (non-hydrogen) atoms. The number of halogens is 1. The second-order valence-electron chi connectivity index (χ2n) is 5.80. The summed E-state index contributed by atoms with van der Waals surface area (Å²) in [6, 6.07) is 15.7. The predicted molar refractivity (Wildman–Crippen MR) is 88.1 cm³/mol. The first kappa shape index (κ1) is 17.1. The van der Waals surface area contributed by atoms with Crippen molar-refractivity contribution in [1.82, 2.24) is 5.32 Å². The molecule has 4 heteroatoms. The van der Waals surface area contributed by atoms with Gasteiger partial charge < -0.3 is 10.4 Å². The highest BCUT2D eigenvalue weighted by atomic mass is 19.1. The molecule has 0 saturated carbocycles. The maximum atomic E-state index is 14.0. The van der Waals surface area contributed by atoms with Gasteiger partial charge in [0.25, 0.3) is 0 Å². The number of nitrogens with zero attached hydrogens (tertiary/aromatic N) is 1. The first-order valence-corrected chi connectivity index (χ1v) is 7.70. The molecule has 120 valence electrons. The number of benzene rings is 2. The van der Waals surface area contributed by atoms with Crippen LogP contribution in [-0.2, 0) is 0 Å². The molecule has 0 aliphatic heterocycles. The molecule has 0 aliphatic carbocycles. The van der Waals surface area contributed by atoms with Crippen LogP contribution < -0.4 is 5.32 Å². The molecule has 0 heterocycles. The fourth-order valence-electron chi connectivity index (χ4n) is 2.68. The van der Waals surface area contributed by atoms with E-state index in [2.05, 4.69) is 5.32 Å². The van der Waals surface area contributed by atoms with E-state index >= 15 is 0 Å². The van der Waals surface area contributed by atoms with Gasteiger partial charge in [-0.1, -0.05) is 36.4 Å². The summed E-state index contributed by atoms with van der Waals surface area (Å²) in [5.41, 5.74) is 1.70. The van der Waals surface area contributed by atoms with E-state index in [-0.39, 0.29) is 17.9 Å². The minimum absolute atomic E-state index is 0.00949. The van der Waals surface area contributed by atoms with Crippen molar-refractivity contribution < 1.29 is 9.50 Å². The normalized spacial score (nSPS) is 14.7. The number of aliphatic hydroxyl groups is 1. The molecular formula is C19H21FN2O. The number of nitriles is 1. The predicted octanol–water partition coefficient (Wildman–Crippen LogP) is 3.86. The third-order valence-electron chi connectivity index (χ3n) is 3.89. The number of rotatable bonds is 6. The van der Waals surface area contributed by atoms with Gasteiger partial charge >= 0.3 is 0 Å². The molecule has 0 aromatic heterocycles. The Labute approximate surface area is 136 Å². The zero-order chi connectivity index (χ0) is 16.8. The molecule has 3 atom stereocenters. The van der Waals surface area contributed by atoms with Crippen molar-refractivity contribution in [2.24, 2.45) is 0 Å². The Kier molecular flexibility index (Phi) is 5.86. The van der Waals surface area contributed by atoms with Crippen LogP contribution in [0, 0.1) is 17.1 Å². The van der Waals surface area contributed by atoms with E-state index in [0.717, 1.165) is 5.56 Å². The lowest BCUT2D eigenvalue weighted by molar-refractivity contribution is 0.152. The Balaban J connectivity index is 1.97. The minimum Gasteiger partial charge on any atom is -0.388 e. The Morgan fingerprint density at radius 3 is 2.48 bits per heavy atom. The van der Waals surface area contributed by atoms with E-state index in [1.165, 1.54) is 6.07 Å². The molecule has 3 unspecified atom stereocenters. The smallest absolute Gasteiger partial charge is 0.129 e. The van der Waals surface area contributed by atoms with Gasteiger partial charge in [0, 0.05) is 17.6 Å². The number of hydrogen-bond donors (Lipinski definition) is 2. The van der Waals surface area contributed by atoms with Crippen molar-refractivity contribution in [3.63, 3.8) is 0 Å². The summed E-state index contributed by atoms with van der Waals surface area (Å²) >= 11 is 0. The molecule has 0 amide bonds. The van der Waals surface area contributed by atoms with Crippen molar-refractivity contribution in [3.8, 4) is 6.07 Å². The standard InChI is InChI=1S/C19H21FN2O/c1-13(10-19(23)16-6-4-3-5-7-16)22-14(2)17-9-8-15(12-21)11-18(17)20/h3-9,11,13-14,19,22-23H,10H2,1-2H3. The molecule has 0 bridgehead atoms. The van der Waals surface area contributed by atoms with Crippen LogP contribution in [0.25, 0.3) is 0 Å². The number of hydrogen-bond acceptors (Lipinski definition) is 3. The quantitative estimate of drug-likeness (QED) is 0.851. The fourth-order valence-corrected chi connectivity index (χ4v) is 2.68. The first-order chi connectivity index (χ1) is 11.0. The van der Waals surface area contributed by atoms with Crippen molar-refractivity contribution in [2.45, 2.75) is 38.5 Å². The third-order valence-corrected chi connectivity index (χ3v) is 3.89. The van der Waals surface area contributed by atoms with Crippen molar-refractivity contribution in [1.29, 1.82) is 5.26 Å². The summed E-state index contributed by atoms with van der Waals surface area (Å²) in [7, 11) is 0. The van der Waals surface area contributed by atoms with E-state index < -0.39 is 6.10 Å². The number of nitrogens with one attached hydrogen (secondary N) is 1. The molecule has 2 aromatic carbocycles. The van der Waals surface area contributed by atoms with Crippen LogP contribution in [-0.4, -0.2) is 11.1 Å². The molecule has 2 rings (SSSR count). The monoisotopic (exact) mass is 312 g/mol. The summed E-state index contributed by atoms with van der Waals surface area (Å²) in [4.78, 5) is 0. The molecule has 0 aliphatic rings. The van der Waals surface area contributed by atoms with Crippen LogP contribution >= 0.6 is 0 Å². The second-order valence-corrected chi connectivity index (χ2v) is 5.80. The zero-order valence-corrected chi connectivity index (χ0v) is 13.3. The Morgan fingerprint density at radius 1 is 1.17 bits per heavy atom. The van der Waals surface area contributed by atoms with Gasteiger partial charge in [0.05, 0.1) is 17.7 Å². The lowest BCUT2D eigenvalue weighted by Gasteiger charge is -2.23. The van der Waals surface area contributed by atoms with Gasteiger partial charge in [-0.3, -0.25) is 0 Å². The largest absolute Gasteiger partial charge is 0.388 e. The van der Waals surface area contributed by atoms with Crippen molar-refractivity contribution >= 4 is 0 Å². The highest BCUT2D eigenvalue weighted by Gasteiger charge is 2.17. The average molecular weight is 312 g/mol. The lowest BCUT2D eigenvalue weighted by atomic mass is 10.0. The van der Waals surface area contributed by atoms with E-state index in [0.29, 0.717) is 17.5 Å². The van der Waals surface area contributed by atoms with Crippen LogP contribution in [0.3, 0.4) is 0 Å². The summed E-state index contributed by atoms with van der Waals surface area (Å²) < 4.78 is 14.0. The minimum atomic E-state index is -0.559. The molecular weight excluding hydrogens is 291 g/mol. The summed E-state index contributed by atoms with van der Waals surface area (Å²) in [6.45, 7) is 3.83. The van der Waals surface area contributed by atoms with E-state index in [4.69, 9.17) is 5.26 Å². The van der Waals surface area contributed by atoms with Gasteiger partial charge in [0.15, 0.2) is 0 Å². The van der Waals surface area contributed by atoms with Gasteiger partial charge in [-0.15, -0.1) is 0 Å². The lowest BCUT2D eigenvalue weighted by Crippen LogP contribution is -2.31. The fraction of sp³-hybridized carbons (Fsp3) is 0.316. The molecule has 0 saturated heterocycles. The van der Waals surface area contributed by atoms with Gasteiger partial charge in [-0.2, -0.15) is 5.26 Å². The van der Waals surface area contributed by atoms with Crippen molar-refractivity contribution in [2.75, 3.05) is 0 Å². The molecule has 3 nitrogen and oxygen atoms in total. The van der Waals surface area contributed by atoms with Crippen LogP contribution in [0.4, 0.5) is 4.39 Å². The highest BCUT2D eigenvalue weighted by molar-refractivity contribution is 5.34. The Morgan fingerprint density at radius 2 is 1.87 bits per heavy atom. The van der Waals surface area contributed by atoms with Gasteiger partial charge in [0.2, 0.25) is 0 Å². The summed E-state index contributed by atoms with van der Waals surface area (Å²) in [5, 5.41) is 22.3. The van der Waals surface area contributed by atoms with Crippen LogP contribution in [0.5, 0.6) is 0 Å². The van der Waals surface area contributed by atoms with E-state index in [9.17, 15) is 9.50 Å². The SMILES string of the molecule is CC(CC(O)c1ccccc1)NC(C)c1ccc(C#N)cc1F. The van der Waals surface area contributed by atoms with E-state index in [1.807, 2.05) is 50.2 Å². The van der Waals surface area contributed by atoms with E-state index in [1.54, 1.807) is 12.1 Å². The molecule has 0 fully saturated rings. The zero-order valence-electron chi connectivity index (χ0n) is 13.3.